The molecule has 176 valence electrons. The summed E-state index contributed by atoms with van der Waals surface area (Å²) in [5.74, 6) is -0.209. The lowest BCUT2D eigenvalue weighted by Gasteiger charge is -2.56. The number of aliphatic hydroxyl groups is 1. The fourth-order valence-electron chi connectivity index (χ4n) is 6.42. The second-order valence-electron chi connectivity index (χ2n) is 10.2. The molecule has 8 nitrogen and oxygen atoms in total. The molecule has 0 radical (unpaired) electrons. The lowest BCUT2D eigenvalue weighted by atomic mass is 9.51. The summed E-state index contributed by atoms with van der Waals surface area (Å²) in [4.78, 5) is 35.6. The van der Waals surface area contributed by atoms with E-state index in [2.05, 4.69) is 29.1 Å². The molecule has 2 aliphatic carbocycles. The van der Waals surface area contributed by atoms with Gasteiger partial charge in [0.2, 0.25) is 5.91 Å². The molecule has 2 amide bonds. The molecule has 4 rings (SSSR count). The van der Waals surface area contributed by atoms with Gasteiger partial charge in [-0.2, -0.15) is 0 Å². The molecule has 1 aromatic rings. The van der Waals surface area contributed by atoms with Gasteiger partial charge in [0.15, 0.2) is 0 Å². The molecule has 3 fully saturated rings. The first-order valence-electron chi connectivity index (χ1n) is 11.9. The predicted molar refractivity (Wildman–Crippen MR) is 119 cm³/mol. The third-order valence-electron chi connectivity index (χ3n) is 8.38. The summed E-state index contributed by atoms with van der Waals surface area (Å²) in [6.45, 7) is 8.78. The van der Waals surface area contributed by atoms with Crippen LogP contribution in [0, 0.1) is 29.1 Å². The monoisotopic (exact) mass is 444 g/mol. The second-order valence-corrected chi connectivity index (χ2v) is 10.2. The van der Waals surface area contributed by atoms with E-state index in [1.54, 1.807) is 0 Å². The fraction of sp³-hybridized carbons (Fsp3) is 0.750. The molecule has 2 N–H and O–H groups in total. The minimum atomic E-state index is -0.566. The molecule has 0 aromatic carbocycles. The van der Waals surface area contributed by atoms with Gasteiger partial charge in [-0.15, -0.1) is 0 Å². The van der Waals surface area contributed by atoms with E-state index in [0.717, 1.165) is 25.7 Å². The minimum absolute atomic E-state index is 0.0220. The van der Waals surface area contributed by atoms with Gasteiger partial charge >= 0.3 is 0 Å². The highest BCUT2D eigenvalue weighted by atomic mass is 16.5. The van der Waals surface area contributed by atoms with Crippen LogP contribution in [-0.2, 0) is 9.53 Å². The van der Waals surface area contributed by atoms with Gasteiger partial charge in [-0.3, -0.25) is 9.59 Å². The lowest BCUT2D eigenvalue weighted by molar-refractivity contribution is -0.153. The number of hydrogen-bond donors (Lipinski definition) is 2. The number of amides is 2. The van der Waals surface area contributed by atoms with Crippen LogP contribution in [0.15, 0.2) is 18.7 Å². The van der Waals surface area contributed by atoms with Crippen molar-refractivity contribution in [3.63, 3.8) is 0 Å². The molecule has 0 bridgehead atoms. The van der Waals surface area contributed by atoms with Crippen molar-refractivity contribution in [1.29, 1.82) is 0 Å². The van der Waals surface area contributed by atoms with E-state index in [9.17, 15) is 14.7 Å². The Hall–Kier alpha value is -2.06. The molecular formula is C24H36N4O4. The Labute approximate surface area is 190 Å². The summed E-state index contributed by atoms with van der Waals surface area (Å²) in [5.41, 5.74) is 0.466. The van der Waals surface area contributed by atoms with E-state index in [-0.39, 0.29) is 46.9 Å². The zero-order valence-electron chi connectivity index (χ0n) is 19.4. The average molecular weight is 445 g/mol. The highest BCUT2D eigenvalue weighted by Crippen LogP contribution is 2.55. The van der Waals surface area contributed by atoms with Gasteiger partial charge in [0.05, 0.1) is 24.9 Å². The molecule has 0 spiro atoms. The highest BCUT2D eigenvalue weighted by molar-refractivity contribution is 5.93. The van der Waals surface area contributed by atoms with E-state index in [4.69, 9.17) is 4.74 Å². The molecule has 0 unspecified atom stereocenters. The molecule has 1 aliphatic heterocycles. The Morgan fingerprint density at radius 1 is 1.22 bits per heavy atom. The van der Waals surface area contributed by atoms with Gasteiger partial charge < -0.3 is 20.1 Å². The van der Waals surface area contributed by atoms with Crippen molar-refractivity contribution in [2.24, 2.45) is 29.1 Å². The normalized spacial score (nSPS) is 36.1. The molecule has 32 heavy (non-hydrogen) atoms. The number of aliphatic hydroxyl groups excluding tert-OH is 1. The maximum atomic E-state index is 13.1. The standard InChI is InChI=1S/C24H36N4O4/c1-15(23(31)28-8-10-32-11-9-28)18-4-6-24(3)7-5-19(16(2)20(24)21(18)29)27-22(30)17-12-25-14-26-13-17/h12-16,18-21,29H,4-11H2,1-3H3,(H,27,30)/t15-,16-,18-,19-,20+,21-,24+/m0/s1. The largest absolute Gasteiger partial charge is 0.392 e. The van der Waals surface area contributed by atoms with Crippen molar-refractivity contribution in [2.45, 2.75) is 58.6 Å². The zero-order valence-corrected chi connectivity index (χ0v) is 19.4. The maximum Gasteiger partial charge on any atom is 0.254 e. The Morgan fingerprint density at radius 3 is 2.56 bits per heavy atom. The summed E-state index contributed by atoms with van der Waals surface area (Å²) in [6, 6.07) is -0.0283. The molecule has 2 saturated carbocycles. The molecule has 1 aromatic heterocycles. The molecule has 3 aliphatic rings. The summed E-state index contributed by atoms with van der Waals surface area (Å²) in [7, 11) is 0. The number of hydrogen-bond acceptors (Lipinski definition) is 6. The van der Waals surface area contributed by atoms with Crippen LogP contribution in [0.1, 0.15) is 56.8 Å². The Kier molecular flexibility index (Phi) is 6.81. The zero-order chi connectivity index (χ0) is 22.9. The number of morpholine rings is 1. The molecular weight excluding hydrogens is 408 g/mol. The number of nitrogens with one attached hydrogen (secondary N) is 1. The van der Waals surface area contributed by atoms with Crippen LogP contribution in [0.2, 0.25) is 0 Å². The average Bonchev–Trinajstić information content (AvgIpc) is 2.81. The van der Waals surface area contributed by atoms with Crippen molar-refractivity contribution in [2.75, 3.05) is 26.3 Å². The van der Waals surface area contributed by atoms with Gasteiger partial charge in [-0.05, 0) is 48.9 Å². The van der Waals surface area contributed by atoms with Crippen molar-refractivity contribution < 1.29 is 19.4 Å². The van der Waals surface area contributed by atoms with Gasteiger partial charge in [-0.25, -0.2) is 9.97 Å². The van der Waals surface area contributed by atoms with Crippen LogP contribution in [0.3, 0.4) is 0 Å². The third-order valence-corrected chi connectivity index (χ3v) is 8.38. The number of carbonyl (C=O) groups excluding carboxylic acids is 2. The molecule has 8 heteroatoms. The van der Waals surface area contributed by atoms with E-state index in [1.807, 2.05) is 11.8 Å². The van der Waals surface area contributed by atoms with Crippen LogP contribution in [-0.4, -0.2) is 70.2 Å². The Morgan fingerprint density at radius 2 is 1.88 bits per heavy atom. The van der Waals surface area contributed by atoms with Gasteiger partial charge in [-0.1, -0.05) is 20.8 Å². The van der Waals surface area contributed by atoms with E-state index in [1.165, 1.54) is 18.7 Å². The number of fused-ring (bicyclic) bond motifs is 1. The first-order chi connectivity index (χ1) is 15.3. The van der Waals surface area contributed by atoms with Crippen LogP contribution >= 0.6 is 0 Å². The Balaban J connectivity index is 1.47. The Bertz CT molecular complexity index is 815. The lowest BCUT2D eigenvalue weighted by Crippen LogP contribution is -2.59. The van der Waals surface area contributed by atoms with Crippen molar-refractivity contribution in [3.05, 3.63) is 24.3 Å². The summed E-state index contributed by atoms with van der Waals surface area (Å²) >= 11 is 0. The molecule has 2 heterocycles. The van der Waals surface area contributed by atoms with Crippen molar-refractivity contribution in [1.82, 2.24) is 20.2 Å². The van der Waals surface area contributed by atoms with E-state index < -0.39 is 6.10 Å². The van der Waals surface area contributed by atoms with Crippen molar-refractivity contribution >= 4 is 11.8 Å². The van der Waals surface area contributed by atoms with Crippen LogP contribution in [0.4, 0.5) is 0 Å². The number of rotatable bonds is 4. The number of nitrogens with zero attached hydrogens (tertiary/aromatic N) is 3. The smallest absolute Gasteiger partial charge is 0.254 e. The SMILES string of the molecule is C[C@@H]1[C@@H]2[C@@H](O)[C@H]([C@H](C)C(=O)N3CCOCC3)CC[C@]2(C)CC[C@@H]1NC(=O)c1cncnc1. The van der Waals surface area contributed by atoms with Gasteiger partial charge in [0.25, 0.3) is 5.91 Å². The van der Waals surface area contributed by atoms with Crippen molar-refractivity contribution in [3.8, 4) is 0 Å². The fourth-order valence-corrected chi connectivity index (χ4v) is 6.42. The minimum Gasteiger partial charge on any atom is -0.392 e. The van der Waals surface area contributed by atoms with Gasteiger partial charge in [0.1, 0.15) is 6.33 Å². The van der Waals surface area contributed by atoms with E-state index in [0.29, 0.717) is 31.9 Å². The summed E-state index contributed by atoms with van der Waals surface area (Å²) in [6.07, 6.45) is 7.57. The number of carbonyl (C=O) groups is 2. The third kappa shape index (κ3) is 4.39. The number of aromatic nitrogens is 2. The quantitative estimate of drug-likeness (QED) is 0.735. The van der Waals surface area contributed by atoms with E-state index >= 15 is 0 Å². The highest BCUT2D eigenvalue weighted by Gasteiger charge is 2.54. The molecule has 7 atom stereocenters. The van der Waals surface area contributed by atoms with Crippen LogP contribution in [0.5, 0.6) is 0 Å². The van der Waals surface area contributed by atoms with Crippen LogP contribution < -0.4 is 5.32 Å². The van der Waals surface area contributed by atoms with Gasteiger partial charge in [0, 0.05) is 37.4 Å². The van der Waals surface area contributed by atoms with Crippen LogP contribution in [0.25, 0.3) is 0 Å². The summed E-state index contributed by atoms with van der Waals surface area (Å²) < 4.78 is 5.38. The first kappa shape index (κ1) is 23.1. The first-order valence-corrected chi connectivity index (χ1v) is 11.9. The molecule has 1 saturated heterocycles. The predicted octanol–water partition coefficient (Wildman–Crippen LogP) is 1.89. The second kappa shape index (κ2) is 9.43. The topological polar surface area (TPSA) is 105 Å². The number of ether oxygens (including phenoxy) is 1. The summed E-state index contributed by atoms with van der Waals surface area (Å²) in [5, 5.41) is 14.7. The maximum absolute atomic E-state index is 13.1.